The highest BCUT2D eigenvalue weighted by Gasteiger charge is 2.26. The van der Waals surface area contributed by atoms with Crippen LogP contribution in [0, 0.1) is 12.8 Å². The van der Waals surface area contributed by atoms with Crippen molar-refractivity contribution >= 4 is 11.7 Å². The van der Waals surface area contributed by atoms with Crippen molar-refractivity contribution in [3.05, 3.63) is 71.8 Å². The van der Waals surface area contributed by atoms with Gasteiger partial charge >= 0.3 is 0 Å². The lowest BCUT2D eigenvalue weighted by Gasteiger charge is -2.32. The van der Waals surface area contributed by atoms with E-state index in [-0.39, 0.29) is 17.9 Å². The van der Waals surface area contributed by atoms with Gasteiger partial charge in [-0.1, -0.05) is 35.9 Å². The van der Waals surface area contributed by atoms with Gasteiger partial charge in [0.1, 0.15) is 5.75 Å². The van der Waals surface area contributed by atoms with E-state index in [4.69, 9.17) is 4.74 Å². The topological polar surface area (TPSA) is 67.3 Å². The van der Waals surface area contributed by atoms with Gasteiger partial charge in [-0.05, 0) is 62.6 Å². The van der Waals surface area contributed by atoms with Crippen molar-refractivity contribution in [2.45, 2.75) is 32.7 Å². The summed E-state index contributed by atoms with van der Waals surface area (Å²) in [4.78, 5) is 15.0. The van der Waals surface area contributed by atoms with Crippen LogP contribution in [0.5, 0.6) is 5.75 Å². The van der Waals surface area contributed by atoms with Gasteiger partial charge in [0.2, 0.25) is 5.91 Å². The van der Waals surface area contributed by atoms with Crippen LogP contribution in [0.2, 0.25) is 0 Å². The second-order valence-electron chi connectivity index (χ2n) is 8.41. The van der Waals surface area contributed by atoms with Crippen LogP contribution in [0.15, 0.2) is 60.7 Å². The average Bonchev–Trinajstić information content (AvgIpc) is 2.84. The van der Waals surface area contributed by atoms with Crippen molar-refractivity contribution in [3.8, 4) is 17.0 Å². The number of piperidine rings is 1. The summed E-state index contributed by atoms with van der Waals surface area (Å²) in [5.74, 6) is 1.79. The lowest BCUT2D eigenvalue weighted by molar-refractivity contribution is -0.126. The Labute approximate surface area is 189 Å². The lowest BCUT2D eigenvalue weighted by atomic mass is 9.95. The predicted molar refractivity (Wildman–Crippen MR) is 127 cm³/mol. The molecule has 1 amide bonds. The molecule has 1 aliphatic heterocycles. The highest BCUT2D eigenvalue weighted by molar-refractivity contribution is 5.79. The van der Waals surface area contributed by atoms with Crippen molar-refractivity contribution < 1.29 is 9.53 Å². The smallest absolute Gasteiger partial charge is 0.223 e. The van der Waals surface area contributed by atoms with Crippen LogP contribution in [0.3, 0.4) is 0 Å². The number of benzene rings is 2. The molecule has 1 atom stereocenters. The number of carbonyl (C=O) groups is 1. The number of hydrogen-bond acceptors (Lipinski definition) is 5. The van der Waals surface area contributed by atoms with E-state index in [1.54, 1.807) is 7.11 Å². The Bertz CT molecular complexity index is 1060. The minimum atomic E-state index is -0.0596. The highest BCUT2D eigenvalue weighted by atomic mass is 16.5. The first kappa shape index (κ1) is 21.8. The van der Waals surface area contributed by atoms with E-state index in [9.17, 15) is 4.79 Å². The van der Waals surface area contributed by atoms with E-state index in [0.717, 1.165) is 54.3 Å². The third kappa shape index (κ3) is 5.07. The summed E-state index contributed by atoms with van der Waals surface area (Å²) < 4.78 is 5.29. The largest absolute Gasteiger partial charge is 0.497 e. The minimum absolute atomic E-state index is 0.0128. The highest BCUT2D eigenvalue weighted by Crippen LogP contribution is 2.25. The van der Waals surface area contributed by atoms with Crippen LogP contribution in [0.25, 0.3) is 11.3 Å². The van der Waals surface area contributed by atoms with Gasteiger partial charge in [-0.25, -0.2) is 0 Å². The number of carbonyl (C=O) groups excluding carboxylic acids is 1. The van der Waals surface area contributed by atoms with E-state index in [0.29, 0.717) is 0 Å². The van der Waals surface area contributed by atoms with Crippen molar-refractivity contribution in [1.29, 1.82) is 0 Å². The standard InChI is InChI=1S/C26H30N4O2/c1-18-6-4-8-22(16-18)24-10-11-25(29-28-24)30-14-12-20(13-15-30)26(31)27-19(2)21-7-5-9-23(17-21)32-3/h4-11,16-17,19-20H,12-15H2,1-3H3,(H,27,31). The maximum atomic E-state index is 12.8. The molecular formula is C26H30N4O2. The first-order chi connectivity index (χ1) is 15.5. The summed E-state index contributed by atoms with van der Waals surface area (Å²) in [6, 6.07) is 20.1. The molecule has 0 radical (unpaired) electrons. The predicted octanol–water partition coefficient (Wildman–Crippen LogP) is 4.55. The Balaban J connectivity index is 1.32. The summed E-state index contributed by atoms with van der Waals surface area (Å²) in [7, 11) is 1.65. The second kappa shape index (κ2) is 9.81. The molecule has 0 bridgehead atoms. The Kier molecular flexibility index (Phi) is 6.69. The zero-order chi connectivity index (χ0) is 22.5. The molecule has 0 aliphatic carbocycles. The fraction of sp³-hybridized carbons (Fsp3) is 0.346. The molecule has 1 N–H and O–H groups in total. The number of amides is 1. The third-order valence-electron chi connectivity index (χ3n) is 6.11. The summed E-state index contributed by atoms with van der Waals surface area (Å²) in [5.41, 5.74) is 4.19. The first-order valence-corrected chi connectivity index (χ1v) is 11.1. The van der Waals surface area contributed by atoms with Crippen LogP contribution in [-0.2, 0) is 4.79 Å². The third-order valence-corrected chi connectivity index (χ3v) is 6.11. The van der Waals surface area contributed by atoms with Crippen molar-refractivity contribution in [2.24, 2.45) is 5.92 Å². The molecule has 0 saturated carbocycles. The lowest BCUT2D eigenvalue weighted by Crippen LogP contribution is -2.41. The number of hydrogen-bond donors (Lipinski definition) is 1. The van der Waals surface area contributed by atoms with E-state index in [1.165, 1.54) is 5.56 Å². The fourth-order valence-electron chi connectivity index (χ4n) is 4.15. The summed E-state index contributed by atoms with van der Waals surface area (Å²) in [5, 5.41) is 12.0. The molecule has 0 spiro atoms. The number of aromatic nitrogens is 2. The second-order valence-corrected chi connectivity index (χ2v) is 8.41. The van der Waals surface area contributed by atoms with Crippen molar-refractivity contribution in [2.75, 3.05) is 25.1 Å². The number of methoxy groups -OCH3 is 1. The van der Waals surface area contributed by atoms with Crippen LogP contribution in [0.1, 0.15) is 36.9 Å². The molecule has 1 unspecified atom stereocenters. The van der Waals surface area contributed by atoms with E-state index in [2.05, 4.69) is 39.5 Å². The molecule has 4 rings (SSSR count). The molecule has 3 aromatic rings. The molecule has 6 nitrogen and oxygen atoms in total. The SMILES string of the molecule is COc1cccc(C(C)NC(=O)C2CCN(c3ccc(-c4cccc(C)c4)nn3)CC2)c1. The van der Waals surface area contributed by atoms with Gasteiger partial charge in [0, 0.05) is 24.6 Å². The molecule has 1 aliphatic rings. The van der Waals surface area contributed by atoms with Crippen LogP contribution in [0.4, 0.5) is 5.82 Å². The van der Waals surface area contributed by atoms with Gasteiger partial charge in [0.15, 0.2) is 5.82 Å². The number of anilines is 1. The molecular weight excluding hydrogens is 400 g/mol. The molecule has 2 aromatic carbocycles. The molecule has 1 fully saturated rings. The Morgan fingerprint density at radius 3 is 2.53 bits per heavy atom. The number of aryl methyl sites for hydroxylation is 1. The zero-order valence-corrected chi connectivity index (χ0v) is 18.9. The van der Waals surface area contributed by atoms with Gasteiger partial charge in [0.25, 0.3) is 0 Å². The van der Waals surface area contributed by atoms with Gasteiger partial charge in [-0.15, -0.1) is 10.2 Å². The van der Waals surface area contributed by atoms with Gasteiger partial charge in [0.05, 0.1) is 18.8 Å². The monoisotopic (exact) mass is 430 g/mol. The Morgan fingerprint density at radius 2 is 1.84 bits per heavy atom. The van der Waals surface area contributed by atoms with Crippen LogP contribution < -0.4 is 15.0 Å². The van der Waals surface area contributed by atoms with Crippen LogP contribution in [-0.4, -0.2) is 36.3 Å². The summed E-state index contributed by atoms with van der Waals surface area (Å²) in [6.07, 6.45) is 1.61. The first-order valence-electron chi connectivity index (χ1n) is 11.1. The average molecular weight is 431 g/mol. The van der Waals surface area contributed by atoms with E-state index < -0.39 is 0 Å². The van der Waals surface area contributed by atoms with Crippen molar-refractivity contribution in [1.82, 2.24) is 15.5 Å². The Morgan fingerprint density at radius 1 is 1.06 bits per heavy atom. The molecule has 2 heterocycles. The molecule has 166 valence electrons. The van der Waals surface area contributed by atoms with Gasteiger partial charge < -0.3 is 15.0 Å². The van der Waals surface area contributed by atoms with Crippen molar-refractivity contribution in [3.63, 3.8) is 0 Å². The molecule has 1 aromatic heterocycles. The quantitative estimate of drug-likeness (QED) is 0.621. The normalized spacial score (nSPS) is 15.3. The minimum Gasteiger partial charge on any atom is -0.497 e. The summed E-state index contributed by atoms with van der Waals surface area (Å²) >= 11 is 0. The molecule has 6 heteroatoms. The number of rotatable bonds is 6. The number of nitrogens with zero attached hydrogens (tertiary/aromatic N) is 3. The van der Waals surface area contributed by atoms with Gasteiger partial charge in [-0.3, -0.25) is 4.79 Å². The maximum Gasteiger partial charge on any atom is 0.223 e. The number of nitrogens with one attached hydrogen (secondary N) is 1. The fourth-order valence-corrected chi connectivity index (χ4v) is 4.15. The van der Waals surface area contributed by atoms with E-state index >= 15 is 0 Å². The maximum absolute atomic E-state index is 12.8. The zero-order valence-electron chi connectivity index (χ0n) is 18.9. The Hall–Kier alpha value is -3.41. The molecule has 32 heavy (non-hydrogen) atoms. The summed E-state index contributed by atoms with van der Waals surface area (Å²) in [6.45, 7) is 5.67. The van der Waals surface area contributed by atoms with E-state index in [1.807, 2.05) is 55.5 Å². The number of ether oxygens (including phenoxy) is 1. The van der Waals surface area contributed by atoms with Gasteiger partial charge in [-0.2, -0.15) is 0 Å². The molecule has 1 saturated heterocycles. The van der Waals surface area contributed by atoms with Crippen LogP contribution >= 0.6 is 0 Å².